The summed E-state index contributed by atoms with van der Waals surface area (Å²) in [5.74, 6) is -0.197. The molecule has 7 nitrogen and oxygen atoms in total. The third-order valence-corrected chi connectivity index (χ3v) is 4.72. The fraction of sp³-hybridized carbons (Fsp3) is 0.368. The van der Waals surface area contributed by atoms with E-state index in [0.29, 0.717) is 21.7 Å². The van der Waals surface area contributed by atoms with E-state index in [1.165, 1.54) is 17.1 Å². The molecule has 0 atom stereocenters. The van der Waals surface area contributed by atoms with Crippen molar-refractivity contribution < 1.29 is 4.79 Å². The number of aryl methyl sites for hydroxylation is 1. The molecule has 2 heterocycles. The van der Waals surface area contributed by atoms with Gasteiger partial charge in [-0.05, 0) is 45.4 Å². The van der Waals surface area contributed by atoms with Crippen molar-refractivity contribution >= 4 is 34.2 Å². The monoisotopic (exact) mass is 387 g/mol. The number of hydrogen-bond acceptors (Lipinski definition) is 4. The van der Waals surface area contributed by atoms with Gasteiger partial charge in [-0.1, -0.05) is 17.7 Å². The number of carbonyl (C=O) groups is 1. The molecule has 3 aromatic rings. The third-order valence-electron chi connectivity index (χ3n) is 4.31. The van der Waals surface area contributed by atoms with Gasteiger partial charge < -0.3 is 5.32 Å². The van der Waals surface area contributed by atoms with Gasteiger partial charge in [0.15, 0.2) is 5.65 Å². The maximum absolute atomic E-state index is 12.7. The molecule has 8 heteroatoms. The van der Waals surface area contributed by atoms with Crippen LogP contribution in [0.15, 0.2) is 35.5 Å². The van der Waals surface area contributed by atoms with Crippen LogP contribution in [0.1, 0.15) is 32.8 Å². The van der Waals surface area contributed by atoms with Crippen molar-refractivity contribution in [2.24, 2.45) is 0 Å². The van der Waals surface area contributed by atoms with Gasteiger partial charge in [0.25, 0.3) is 5.56 Å². The van der Waals surface area contributed by atoms with Crippen LogP contribution in [0.3, 0.4) is 0 Å². The van der Waals surface area contributed by atoms with Crippen LogP contribution in [0.25, 0.3) is 11.0 Å². The minimum absolute atomic E-state index is 0.145. The van der Waals surface area contributed by atoms with E-state index >= 15 is 0 Å². The van der Waals surface area contributed by atoms with Gasteiger partial charge in [-0.2, -0.15) is 5.10 Å². The number of benzene rings is 1. The molecule has 0 aliphatic carbocycles. The second kappa shape index (κ2) is 7.15. The van der Waals surface area contributed by atoms with E-state index in [1.54, 1.807) is 22.9 Å². The summed E-state index contributed by atoms with van der Waals surface area (Å²) >= 11 is 6.07. The number of anilines is 1. The summed E-state index contributed by atoms with van der Waals surface area (Å²) in [7, 11) is 0. The summed E-state index contributed by atoms with van der Waals surface area (Å²) in [6, 6.07) is 5.34. The molecule has 0 saturated heterocycles. The number of amides is 1. The van der Waals surface area contributed by atoms with Crippen LogP contribution < -0.4 is 10.9 Å². The molecule has 1 aromatic carbocycles. The largest absolute Gasteiger partial charge is 0.326 e. The van der Waals surface area contributed by atoms with Gasteiger partial charge in [0, 0.05) is 23.7 Å². The Morgan fingerprint density at radius 3 is 2.74 bits per heavy atom. The maximum Gasteiger partial charge on any atom is 0.264 e. The van der Waals surface area contributed by atoms with Gasteiger partial charge in [0.2, 0.25) is 5.91 Å². The average Bonchev–Trinajstić information content (AvgIpc) is 3.03. The van der Waals surface area contributed by atoms with Crippen LogP contribution in [0.5, 0.6) is 0 Å². The van der Waals surface area contributed by atoms with E-state index < -0.39 is 0 Å². The predicted molar refractivity (Wildman–Crippen MR) is 106 cm³/mol. The first-order valence-corrected chi connectivity index (χ1v) is 9.05. The standard InChI is InChI=1S/C19H22ClN5O2/c1-12-14(20)6-5-7-15(12)23-16(26)8-9-24-11-21-17-13(18(24)27)10-22-25(17)19(2,3)4/h5-7,10-11H,8-9H2,1-4H3,(H,23,26). The number of aromatic nitrogens is 4. The number of nitrogens with zero attached hydrogens (tertiary/aromatic N) is 4. The lowest BCUT2D eigenvalue weighted by Crippen LogP contribution is -2.26. The zero-order valence-electron chi connectivity index (χ0n) is 15.8. The molecule has 0 fully saturated rings. The van der Waals surface area contributed by atoms with Crippen LogP contribution in [0.2, 0.25) is 5.02 Å². The minimum atomic E-state index is -0.276. The molecule has 0 spiro atoms. The molecule has 142 valence electrons. The summed E-state index contributed by atoms with van der Waals surface area (Å²) in [5.41, 5.74) is 1.54. The average molecular weight is 388 g/mol. The molecular weight excluding hydrogens is 366 g/mol. The van der Waals surface area contributed by atoms with Crippen LogP contribution in [0.4, 0.5) is 5.69 Å². The van der Waals surface area contributed by atoms with Gasteiger partial charge in [-0.15, -0.1) is 0 Å². The Morgan fingerprint density at radius 1 is 1.30 bits per heavy atom. The number of fused-ring (bicyclic) bond motifs is 1. The van der Waals surface area contributed by atoms with Crippen molar-refractivity contribution in [2.75, 3.05) is 5.32 Å². The van der Waals surface area contributed by atoms with E-state index in [4.69, 9.17) is 11.6 Å². The lowest BCUT2D eigenvalue weighted by atomic mass is 10.1. The molecule has 0 unspecified atom stereocenters. The predicted octanol–water partition coefficient (Wildman–Crippen LogP) is 3.34. The fourth-order valence-corrected chi connectivity index (χ4v) is 2.95. The van der Waals surface area contributed by atoms with Crippen LogP contribution in [0, 0.1) is 6.92 Å². The maximum atomic E-state index is 12.7. The molecule has 0 radical (unpaired) electrons. The highest BCUT2D eigenvalue weighted by Gasteiger charge is 2.19. The molecule has 1 N–H and O–H groups in total. The highest BCUT2D eigenvalue weighted by atomic mass is 35.5. The van der Waals surface area contributed by atoms with Gasteiger partial charge in [-0.3, -0.25) is 14.2 Å². The van der Waals surface area contributed by atoms with Gasteiger partial charge in [0.1, 0.15) is 5.39 Å². The van der Waals surface area contributed by atoms with E-state index in [2.05, 4.69) is 15.4 Å². The first kappa shape index (κ1) is 19.1. The zero-order chi connectivity index (χ0) is 19.8. The molecule has 27 heavy (non-hydrogen) atoms. The van der Waals surface area contributed by atoms with Crippen LogP contribution >= 0.6 is 11.6 Å². The van der Waals surface area contributed by atoms with Crippen LogP contribution in [-0.2, 0) is 16.9 Å². The number of carbonyl (C=O) groups excluding carboxylic acids is 1. The molecule has 1 amide bonds. The SMILES string of the molecule is Cc1c(Cl)cccc1NC(=O)CCn1cnc2c(cnn2C(C)(C)C)c1=O. The van der Waals surface area contributed by atoms with Crippen LogP contribution in [-0.4, -0.2) is 25.2 Å². The number of halogens is 1. The second-order valence-corrected chi connectivity index (χ2v) is 7.83. The van der Waals surface area contributed by atoms with Crippen molar-refractivity contribution in [1.29, 1.82) is 0 Å². The highest BCUT2D eigenvalue weighted by Crippen LogP contribution is 2.23. The fourth-order valence-electron chi connectivity index (χ4n) is 2.78. The summed E-state index contributed by atoms with van der Waals surface area (Å²) in [5, 5.41) is 8.15. The molecule has 0 saturated carbocycles. The van der Waals surface area contributed by atoms with E-state index in [0.717, 1.165) is 5.56 Å². The van der Waals surface area contributed by atoms with E-state index in [9.17, 15) is 9.59 Å². The lowest BCUT2D eigenvalue weighted by Gasteiger charge is -2.19. The Hall–Kier alpha value is -2.67. The lowest BCUT2D eigenvalue weighted by molar-refractivity contribution is -0.116. The Bertz CT molecular complexity index is 1060. The quantitative estimate of drug-likeness (QED) is 0.744. The van der Waals surface area contributed by atoms with Crippen molar-refractivity contribution in [2.45, 2.75) is 46.2 Å². The zero-order valence-corrected chi connectivity index (χ0v) is 16.5. The smallest absolute Gasteiger partial charge is 0.264 e. The summed E-state index contributed by atoms with van der Waals surface area (Å²) in [6.45, 7) is 8.06. The normalized spacial score (nSPS) is 11.7. The Morgan fingerprint density at radius 2 is 2.04 bits per heavy atom. The highest BCUT2D eigenvalue weighted by molar-refractivity contribution is 6.31. The Kier molecular flexibility index (Phi) is 5.06. The minimum Gasteiger partial charge on any atom is -0.326 e. The summed E-state index contributed by atoms with van der Waals surface area (Å²) in [6.07, 6.45) is 3.14. The summed E-state index contributed by atoms with van der Waals surface area (Å²) in [4.78, 5) is 29.3. The van der Waals surface area contributed by atoms with Gasteiger partial charge >= 0.3 is 0 Å². The number of rotatable bonds is 4. The van der Waals surface area contributed by atoms with E-state index in [-0.39, 0.29) is 30.0 Å². The van der Waals surface area contributed by atoms with Gasteiger partial charge in [0.05, 0.1) is 18.1 Å². The molecule has 0 aliphatic rings. The summed E-state index contributed by atoms with van der Waals surface area (Å²) < 4.78 is 3.16. The number of hydrogen-bond donors (Lipinski definition) is 1. The molecule has 2 aromatic heterocycles. The topological polar surface area (TPSA) is 81.8 Å². The Balaban J connectivity index is 1.75. The molecule has 3 rings (SSSR count). The second-order valence-electron chi connectivity index (χ2n) is 7.42. The third kappa shape index (κ3) is 3.88. The van der Waals surface area contributed by atoms with Crippen molar-refractivity contribution in [3.05, 3.63) is 51.7 Å². The van der Waals surface area contributed by atoms with Crippen molar-refractivity contribution in [3.8, 4) is 0 Å². The van der Waals surface area contributed by atoms with Crippen molar-refractivity contribution in [1.82, 2.24) is 19.3 Å². The first-order valence-electron chi connectivity index (χ1n) is 8.67. The number of nitrogens with one attached hydrogen (secondary N) is 1. The Labute approximate surface area is 162 Å². The van der Waals surface area contributed by atoms with Crippen molar-refractivity contribution in [3.63, 3.8) is 0 Å². The van der Waals surface area contributed by atoms with Gasteiger partial charge in [-0.25, -0.2) is 9.67 Å². The molecule has 0 bridgehead atoms. The molecule has 0 aliphatic heterocycles. The van der Waals surface area contributed by atoms with E-state index in [1.807, 2.05) is 27.7 Å². The first-order chi connectivity index (χ1) is 12.7. The molecular formula is C19H22ClN5O2.